The van der Waals surface area contributed by atoms with Crippen LogP contribution in [0, 0.1) is 0 Å². The number of nitrogens with zero attached hydrogens (tertiary/aromatic N) is 1. The second-order valence-electron chi connectivity index (χ2n) is 2.02. The highest BCUT2D eigenvalue weighted by Crippen LogP contribution is 1.97. The minimum absolute atomic E-state index is 0.716. The molecular weight excluding hydrogens is 138 g/mol. The third kappa shape index (κ3) is 2.71. The molecule has 0 unspecified atom stereocenters. The van der Waals surface area contributed by atoms with Gasteiger partial charge >= 0.3 is 0 Å². The van der Waals surface area contributed by atoms with Crippen molar-refractivity contribution in [3.63, 3.8) is 0 Å². The summed E-state index contributed by atoms with van der Waals surface area (Å²) in [4.78, 5) is 4.06. The summed E-state index contributed by atoms with van der Waals surface area (Å²) in [5.41, 5.74) is 5.15. The number of aromatic nitrogens is 1. The van der Waals surface area contributed by atoms with Crippen LogP contribution >= 0.6 is 0 Å². The van der Waals surface area contributed by atoms with E-state index in [9.17, 15) is 0 Å². The summed E-state index contributed by atoms with van der Waals surface area (Å²) in [5.74, 6) is 0.866. The van der Waals surface area contributed by atoms with E-state index in [1.807, 2.05) is 24.3 Å². The van der Waals surface area contributed by atoms with Gasteiger partial charge in [-0.3, -0.25) is 0 Å². The molecule has 0 radical (unpaired) electrons. The van der Waals surface area contributed by atoms with Crippen molar-refractivity contribution in [3.05, 3.63) is 36.7 Å². The quantitative estimate of drug-likeness (QED) is 0.673. The van der Waals surface area contributed by atoms with Crippen molar-refractivity contribution in [2.45, 2.75) is 0 Å². The average Bonchev–Trinajstić information content (AvgIpc) is 2.07. The molecular formula is C8H11N3. The number of rotatable bonds is 3. The van der Waals surface area contributed by atoms with Crippen molar-refractivity contribution >= 4 is 5.82 Å². The first-order valence-corrected chi connectivity index (χ1v) is 3.45. The van der Waals surface area contributed by atoms with Crippen LogP contribution in [-0.2, 0) is 0 Å². The molecule has 0 aromatic carbocycles. The predicted molar refractivity (Wildman–Crippen MR) is 46.1 cm³/mol. The molecule has 0 saturated heterocycles. The number of nitrogens with two attached hydrogens (primary N) is 1. The molecule has 0 bridgehead atoms. The molecule has 3 nitrogen and oxygen atoms in total. The highest BCUT2D eigenvalue weighted by atomic mass is 15.0. The lowest BCUT2D eigenvalue weighted by atomic mass is 10.4. The number of pyridine rings is 1. The van der Waals surface area contributed by atoms with Gasteiger partial charge in [0.25, 0.3) is 0 Å². The molecule has 11 heavy (non-hydrogen) atoms. The SMILES string of the molecule is NC=CCNc1ccccn1. The topological polar surface area (TPSA) is 50.9 Å². The Labute approximate surface area is 65.9 Å². The van der Waals surface area contributed by atoms with Crippen LogP contribution < -0.4 is 11.1 Å². The molecule has 1 rings (SSSR count). The zero-order valence-corrected chi connectivity index (χ0v) is 6.20. The van der Waals surface area contributed by atoms with Gasteiger partial charge in [-0.15, -0.1) is 0 Å². The van der Waals surface area contributed by atoms with Crippen LogP contribution in [0.3, 0.4) is 0 Å². The molecule has 3 N–H and O–H groups in total. The van der Waals surface area contributed by atoms with Gasteiger partial charge in [0.2, 0.25) is 0 Å². The van der Waals surface area contributed by atoms with Crippen LogP contribution in [-0.4, -0.2) is 11.5 Å². The summed E-state index contributed by atoms with van der Waals surface area (Å²) >= 11 is 0. The van der Waals surface area contributed by atoms with Crippen LogP contribution in [0.5, 0.6) is 0 Å². The molecule has 1 aromatic rings. The molecule has 0 saturated carbocycles. The van der Waals surface area contributed by atoms with E-state index in [1.54, 1.807) is 6.20 Å². The third-order valence-electron chi connectivity index (χ3n) is 1.20. The third-order valence-corrected chi connectivity index (χ3v) is 1.20. The summed E-state index contributed by atoms with van der Waals surface area (Å²) in [6, 6.07) is 5.72. The minimum atomic E-state index is 0.716. The maximum atomic E-state index is 5.15. The van der Waals surface area contributed by atoms with E-state index < -0.39 is 0 Å². The fraction of sp³-hybridized carbons (Fsp3) is 0.125. The molecule has 0 aliphatic carbocycles. The molecule has 0 atom stereocenters. The lowest BCUT2D eigenvalue weighted by molar-refractivity contribution is 1.22. The number of hydrogen-bond donors (Lipinski definition) is 2. The minimum Gasteiger partial charge on any atom is -0.405 e. The molecule has 0 aliphatic rings. The molecule has 58 valence electrons. The van der Waals surface area contributed by atoms with Gasteiger partial charge < -0.3 is 11.1 Å². The van der Waals surface area contributed by atoms with Crippen molar-refractivity contribution in [3.8, 4) is 0 Å². The standard InChI is InChI=1S/C8H11N3/c9-5-3-7-11-8-4-1-2-6-10-8/h1-6H,7,9H2,(H,10,11). The molecule has 0 aliphatic heterocycles. The van der Waals surface area contributed by atoms with E-state index in [-0.39, 0.29) is 0 Å². The molecule has 3 heteroatoms. The second kappa shape index (κ2) is 4.33. The van der Waals surface area contributed by atoms with Crippen molar-refractivity contribution in [1.82, 2.24) is 4.98 Å². The Hall–Kier alpha value is -1.51. The Balaban J connectivity index is 2.39. The summed E-state index contributed by atoms with van der Waals surface area (Å²) < 4.78 is 0. The lowest BCUT2D eigenvalue weighted by Crippen LogP contribution is -2.00. The Morgan fingerprint density at radius 3 is 3.09 bits per heavy atom. The monoisotopic (exact) mass is 149 g/mol. The van der Waals surface area contributed by atoms with Crippen LogP contribution in [0.4, 0.5) is 5.82 Å². The fourth-order valence-electron chi connectivity index (χ4n) is 0.699. The van der Waals surface area contributed by atoms with E-state index in [0.717, 1.165) is 5.82 Å². The van der Waals surface area contributed by atoms with Crippen LogP contribution in [0.15, 0.2) is 36.7 Å². The number of anilines is 1. The summed E-state index contributed by atoms with van der Waals surface area (Å²) in [6.07, 6.45) is 5.08. The van der Waals surface area contributed by atoms with E-state index in [1.165, 1.54) is 6.20 Å². The Kier molecular flexibility index (Phi) is 2.99. The Bertz CT molecular complexity index is 218. The van der Waals surface area contributed by atoms with Gasteiger partial charge in [0, 0.05) is 12.7 Å². The molecule has 0 fully saturated rings. The van der Waals surface area contributed by atoms with E-state index in [0.29, 0.717) is 6.54 Å². The summed E-state index contributed by atoms with van der Waals surface area (Å²) in [7, 11) is 0. The van der Waals surface area contributed by atoms with Gasteiger partial charge in [0.15, 0.2) is 0 Å². The maximum absolute atomic E-state index is 5.15. The van der Waals surface area contributed by atoms with Gasteiger partial charge in [-0.2, -0.15) is 0 Å². The smallest absolute Gasteiger partial charge is 0.126 e. The Morgan fingerprint density at radius 2 is 2.45 bits per heavy atom. The van der Waals surface area contributed by atoms with Crippen LogP contribution in [0.1, 0.15) is 0 Å². The van der Waals surface area contributed by atoms with Crippen molar-refractivity contribution in [2.75, 3.05) is 11.9 Å². The molecule has 0 spiro atoms. The highest BCUT2D eigenvalue weighted by Gasteiger charge is 1.85. The highest BCUT2D eigenvalue weighted by molar-refractivity contribution is 5.33. The molecule has 0 amide bonds. The molecule has 1 heterocycles. The fourth-order valence-corrected chi connectivity index (χ4v) is 0.699. The average molecular weight is 149 g/mol. The Morgan fingerprint density at radius 1 is 1.55 bits per heavy atom. The van der Waals surface area contributed by atoms with Gasteiger partial charge in [0.05, 0.1) is 0 Å². The van der Waals surface area contributed by atoms with Gasteiger partial charge in [-0.05, 0) is 24.4 Å². The predicted octanol–water partition coefficient (Wildman–Crippen LogP) is 0.966. The zero-order valence-electron chi connectivity index (χ0n) is 6.20. The number of hydrogen-bond acceptors (Lipinski definition) is 3. The van der Waals surface area contributed by atoms with E-state index in [2.05, 4.69) is 10.3 Å². The largest absolute Gasteiger partial charge is 0.405 e. The van der Waals surface area contributed by atoms with E-state index >= 15 is 0 Å². The normalized spacial score (nSPS) is 10.2. The first-order chi connectivity index (χ1) is 5.43. The summed E-state index contributed by atoms with van der Waals surface area (Å²) in [6.45, 7) is 0.716. The van der Waals surface area contributed by atoms with Gasteiger partial charge in [-0.1, -0.05) is 6.07 Å². The van der Waals surface area contributed by atoms with Crippen molar-refractivity contribution in [1.29, 1.82) is 0 Å². The maximum Gasteiger partial charge on any atom is 0.126 e. The lowest BCUT2D eigenvalue weighted by Gasteiger charge is -1.99. The zero-order chi connectivity index (χ0) is 7.94. The van der Waals surface area contributed by atoms with Crippen LogP contribution in [0.2, 0.25) is 0 Å². The van der Waals surface area contributed by atoms with Crippen LogP contribution in [0.25, 0.3) is 0 Å². The van der Waals surface area contributed by atoms with Crippen molar-refractivity contribution < 1.29 is 0 Å². The number of nitrogens with one attached hydrogen (secondary N) is 1. The van der Waals surface area contributed by atoms with Gasteiger partial charge in [0.1, 0.15) is 5.82 Å². The molecule has 1 aromatic heterocycles. The van der Waals surface area contributed by atoms with Gasteiger partial charge in [-0.25, -0.2) is 4.98 Å². The first-order valence-electron chi connectivity index (χ1n) is 3.45. The second-order valence-corrected chi connectivity index (χ2v) is 2.02. The van der Waals surface area contributed by atoms with Crippen molar-refractivity contribution in [2.24, 2.45) is 5.73 Å². The summed E-state index contributed by atoms with van der Waals surface area (Å²) in [5, 5.41) is 3.07. The first kappa shape index (κ1) is 7.60. The van der Waals surface area contributed by atoms with E-state index in [4.69, 9.17) is 5.73 Å².